The third-order valence-corrected chi connectivity index (χ3v) is 4.53. The summed E-state index contributed by atoms with van der Waals surface area (Å²) in [5, 5.41) is 4.60. The third-order valence-electron chi connectivity index (χ3n) is 3.61. The van der Waals surface area contributed by atoms with Gasteiger partial charge in [-0.3, -0.25) is 4.68 Å². The molecule has 21 heavy (non-hydrogen) atoms. The smallest absolute Gasteiger partial charge is 0.146 e. The lowest BCUT2D eigenvalue weighted by Gasteiger charge is -2.24. The summed E-state index contributed by atoms with van der Waals surface area (Å²) < 4.78 is 17.0. The van der Waals surface area contributed by atoms with E-state index in [0.29, 0.717) is 12.2 Å². The van der Waals surface area contributed by atoms with Crippen LogP contribution in [0.2, 0.25) is 0 Å². The molecule has 0 saturated carbocycles. The summed E-state index contributed by atoms with van der Waals surface area (Å²) in [6.07, 6.45) is 0.881. The van der Waals surface area contributed by atoms with Gasteiger partial charge in [-0.1, -0.05) is 19.1 Å². The van der Waals surface area contributed by atoms with Gasteiger partial charge in [0.15, 0.2) is 0 Å². The SMILES string of the molecule is CCc1nn(CC)c(CN(CC)c2ccccc2F)c1Br. The molecule has 0 atom stereocenters. The first-order chi connectivity index (χ1) is 10.1. The highest BCUT2D eigenvalue weighted by molar-refractivity contribution is 9.10. The van der Waals surface area contributed by atoms with E-state index in [1.54, 1.807) is 6.07 Å². The zero-order valence-corrected chi connectivity index (χ0v) is 14.3. The minimum atomic E-state index is -0.186. The number of nitrogens with zero attached hydrogens (tertiary/aromatic N) is 3. The lowest BCUT2D eigenvalue weighted by Crippen LogP contribution is -2.25. The van der Waals surface area contributed by atoms with E-state index in [1.165, 1.54) is 6.07 Å². The normalized spacial score (nSPS) is 10.9. The maximum Gasteiger partial charge on any atom is 0.146 e. The van der Waals surface area contributed by atoms with Crippen LogP contribution in [0.25, 0.3) is 0 Å². The lowest BCUT2D eigenvalue weighted by molar-refractivity contribution is 0.591. The van der Waals surface area contributed by atoms with E-state index in [-0.39, 0.29) is 5.82 Å². The number of benzene rings is 1. The summed E-state index contributed by atoms with van der Waals surface area (Å²) in [5.74, 6) is -0.186. The van der Waals surface area contributed by atoms with Gasteiger partial charge in [-0.05, 0) is 48.3 Å². The lowest BCUT2D eigenvalue weighted by atomic mass is 10.2. The molecular weight excluding hydrogens is 333 g/mol. The molecule has 0 N–H and O–H groups in total. The number of aryl methyl sites for hydroxylation is 2. The van der Waals surface area contributed by atoms with Gasteiger partial charge in [0.25, 0.3) is 0 Å². The molecule has 3 nitrogen and oxygen atoms in total. The predicted molar refractivity (Wildman–Crippen MR) is 88.1 cm³/mol. The Morgan fingerprint density at radius 3 is 2.52 bits per heavy atom. The number of hydrogen-bond acceptors (Lipinski definition) is 2. The van der Waals surface area contributed by atoms with Crippen molar-refractivity contribution in [2.45, 2.75) is 40.3 Å². The quantitative estimate of drug-likeness (QED) is 0.767. The van der Waals surface area contributed by atoms with Gasteiger partial charge in [0.05, 0.1) is 28.1 Å². The van der Waals surface area contributed by atoms with Crippen molar-refractivity contribution in [2.24, 2.45) is 0 Å². The molecule has 0 aliphatic rings. The van der Waals surface area contributed by atoms with Gasteiger partial charge >= 0.3 is 0 Å². The van der Waals surface area contributed by atoms with Gasteiger partial charge in [-0.2, -0.15) is 5.10 Å². The van der Waals surface area contributed by atoms with Crippen LogP contribution >= 0.6 is 15.9 Å². The Balaban J connectivity index is 2.35. The molecule has 0 spiro atoms. The maximum absolute atomic E-state index is 14.0. The van der Waals surface area contributed by atoms with Crippen LogP contribution < -0.4 is 4.90 Å². The highest BCUT2D eigenvalue weighted by Crippen LogP contribution is 2.27. The second-order valence-corrected chi connectivity index (χ2v) is 5.64. The highest BCUT2D eigenvalue weighted by atomic mass is 79.9. The average molecular weight is 354 g/mol. The molecule has 2 aromatic rings. The molecule has 0 unspecified atom stereocenters. The van der Waals surface area contributed by atoms with E-state index < -0.39 is 0 Å². The van der Waals surface area contributed by atoms with Crippen LogP contribution in [0.15, 0.2) is 28.7 Å². The van der Waals surface area contributed by atoms with E-state index in [1.807, 2.05) is 28.6 Å². The molecule has 5 heteroatoms. The van der Waals surface area contributed by atoms with Gasteiger partial charge in [0.1, 0.15) is 5.82 Å². The molecule has 1 aromatic carbocycles. The Labute approximate surface area is 133 Å². The first-order valence-electron chi connectivity index (χ1n) is 7.35. The van der Waals surface area contributed by atoms with Crippen molar-refractivity contribution in [3.05, 3.63) is 45.9 Å². The number of rotatable bonds is 6. The molecule has 0 amide bonds. The highest BCUT2D eigenvalue weighted by Gasteiger charge is 2.18. The molecule has 2 rings (SSSR count). The van der Waals surface area contributed by atoms with E-state index in [9.17, 15) is 4.39 Å². The van der Waals surface area contributed by atoms with E-state index in [4.69, 9.17) is 0 Å². The van der Waals surface area contributed by atoms with Crippen LogP contribution in [-0.4, -0.2) is 16.3 Å². The molecule has 0 radical (unpaired) electrons. The van der Waals surface area contributed by atoms with E-state index >= 15 is 0 Å². The first kappa shape index (κ1) is 16.0. The number of para-hydroxylation sites is 1. The van der Waals surface area contributed by atoms with E-state index in [0.717, 1.165) is 35.4 Å². The van der Waals surface area contributed by atoms with Crippen LogP contribution in [0.3, 0.4) is 0 Å². The number of hydrogen-bond donors (Lipinski definition) is 0. The Morgan fingerprint density at radius 2 is 1.95 bits per heavy atom. The fourth-order valence-electron chi connectivity index (χ4n) is 2.42. The van der Waals surface area contributed by atoms with Gasteiger partial charge in [-0.15, -0.1) is 0 Å². The maximum atomic E-state index is 14.0. The van der Waals surface area contributed by atoms with Crippen molar-refractivity contribution in [1.82, 2.24) is 9.78 Å². The summed E-state index contributed by atoms with van der Waals surface area (Å²) in [4.78, 5) is 2.03. The van der Waals surface area contributed by atoms with Crippen molar-refractivity contribution >= 4 is 21.6 Å². The summed E-state index contributed by atoms with van der Waals surface area (Å²) in [6.45, 7) is 8.38. The fraction of sp³-hybridized carbons (Fsp3) is 0.438. The Bertz CT molecular complexity index is 610. The minimum absolute atomic E-state index is 0.186. The number of aromatic nitrogens is 2. The molecule has 0 fully saturated rings. The Hall–Kier alpha value is -1.36. The topological polar surface area (TPSA) is 21.1 Å². The third kappa shape index (κ3) is 3.28. The van der Waals surface area contributed by atoms with Crippen LogP contribution in [0.1, 0.15) is 32.2 Å². The van der Waals surface area contributed by atoms with Crippen LogP contribution in [0.4, 0.5) is 10.1 Å². The summed E-state index contributed by atoms with van der Waals surface area (Å²) in [5.41, 5.74) is 2.78. The number of halogens is 2. The summed E-state index contributed by atoms with van der Waals surface area (Å²) >= 11 is 3.65. The second-order valence-electron chi connectivity index (χ2n) is 4.84. The monoisotopic (exact) mass is 353 g/mol. The molecule has 0 bridgehead atoms. The molecular formula is C16H21BrFN3. The zero-order chi connectivity index (χ0) is 15.4. The standard InChI is InChI=1S/C16H21BrFN3/c1-4-13-16(17)15(21(6-3)19-13)11-20(5-2)14-10-8-7-9-12(14)18/h7-10H,4-6,11H2,1-3H3. The second kappa shape index (κ2) is 7.07. The van der Waals surface area contributed by atoms with Gasteiger partial charge in [-0.25, -0.2) is 4.39 Å². The molecule has 1 aromatic heterocycles. The molecule has 0 aliphatic heterocycles. The van der Waals surface area contributed by atoms with Gasteiger partial charge in [0, 0.05) is 13.1 Å². The largest absolute Gasteiger partial charge is 0.364 e. The summed E-state index contributed by atoms with van der Waals surface area (Å²) in [7, 11) is 0. The average Bonchev–Trinajstić information content (AvgIpc) is 2.81. The molecule has 114 valence electrons. The van der Waals surface area contributed by atoms with Crippen molar-refractivity contribution in [3.8, 4) is 0 Å². The molecule has 1 heterocycles. The zero-order valence-electron chi connectivity index (χ0n) is 12.7. The Kier molecular flexibility index (Phi) is 5.39. The van der Waals surface area contributed by atoms with Crippen molar-refractivity contribution in [3.63, 3.8) is 0 Å². The van der Waals surface area contributed by atoms with Crippen molar-refractivity contribution in [2.75, 3.05) is 11.4 Å². The Morgan fingerprint density at radius 1 is 1.24 bits per heavy atom. The number of anilines is 1. The van der Waals surface area contributed by atoms with Crippen LogP contribution in [-0.2, 0) is 19.5 Å². The predicted octanol–water partition coefficient (Wildman–Crippen LogP) is 4.39. The van der Waals surface area contributed by atoms with Gasteiger partial charge in [0.2, 0.25) is 0 Å². The van der Waals surface area contributed by atoms with E-state index in [2.05, 4.69) is 34.9 Å². The van der Waals surface area contributed by atoms with Crippen molar-refractivity contribution in [1.29, 1.82) is 0 Å². The minimum Gasteiger partial charge on any atom is -0.364 e. The summed E-state index contributed by atoms with van der Waals surface area (Å²) in [6, 6.07) is 6.90. The van der Waals surface area contributed by atoms with Crippen molar-refractivity contribution < 1.29 is 4.39 Å². The molecule has 0 aliphatic carbocycles. The van der Waals surface area contributed by atoms with Gasteiger partial charge < -0.3 is 4.90 Å². The van der Waals surface area contributed by atoms with Crippen LogP contribution in [0.5, 0.6) is 0 Å². The molecule has 0 saturated heterocycles. The fourth-order valence-corrected chi connectivity index (χ4v) is 3.11. The first-order valence-corrected chi connectivity index (χ1v) is 8.15. The van der Waals surface area contributed by atoms with Crippen LogP contribution in [0, 0.1) is 5.82 Å².